The van der Waals surface area contributed by atoms with E-state index in [9.17, 15) is 0 Å². The molecule has 4 heteroatoms. The van der Waals surface area contributed by atoms with Crippen molar-refractivity contribution in [2.45, 2.75) is 13.3 Å². The number of hydrogen-bond donors (Lipinski definition) is 1. The fourth-order valence-corrected chi connectivity index (χ4v) is 1.55. The number of anilines is 2. The van der Waals surface area contributed by atoms with Crippen molar-refractivity contribution in [3.05, 3.63) is 18.2 Å². The van der Waals surface area contributed by atoms with Crippen molar-refractivity contribution in [3.8, 4) is 0 Å². The molecule has 0 radical (unpaired) electrons. The van der Waals surface area contributed by atoms with Crippen molar-refractivity contribution < 1.29 is 4.42 Å². The number of aromatic nitrogens is 1. The molecule has 2 rings (SSSR count). The van der Waals surface area contributed by atoms with Crippen LogP contribution in [0, 0.1) is 0 Å². The zero-order valence-electron chi connectivity index (χ0n) is 9.03. The summed E-state index contributed by atoms with van der Waals surface area (Å²) >= 11 is 0. The van der Waals surface area contributed by atoms with Crippen molar-refractivity contribution in [3.63, 3.8) is 0 Å². The molecule has 0 aliphatic heterocycles. The third-order valence-electron chi connectivity index (χ3n) is 2.32. The predicted octanol–water partition coefficient (Wildman–Crippen LogP) is 2.26. The van der Waals surface area contributed by atoms with Gasteiger partial charge >= 0.3 is 0 Å². The lowest BCUT2D eigenvalue weighted by atomic mass is 10.3. The number of rotatable bonds is 3. The molecule has 2 aromatic rings. The Balaban J connectivity index is 2.43. The van der Waals surface area contributed by atoms with E-state index in [-0.39, 0.29) is 0 Å². The fraction of sp³-hybridized carbons (Fsp3) is 0.364. The first-order chi connectivity index (χ1) is 7.22. The van der Waals surface area contributed by atoms with Gasteiger partial charge in [0.05, 0.1) is 5.69 Å². The fourth-order valence-electron chi connectivity index (χ4n) is 1.55. The predicted molar refractivity (Wildman–Crippen MR) is 62.0 cm³/mol. The monoisotopic (exact) mass is 205 g/mol. The van der Waals surface area contributed by atoms with E-state index in [1.54, 1.807) is 0 Å². The molecular formula is C11H15N3O. The lowest BCUT2D eigenvalue weighted by Gasteiger charge is -2.11. The van der Waals surface area contributed by atoms with Crippen molar-refractivity contribution >= 4 is 22.8 Å². The summed E-state index contributed by atoms with van der Waals surface area (Å²) in [6.45, 7) is 3.04. The highest BCUT2D eigenvalue weighted by atomic mass is 16.4. The van der Waals surface area contributed by atoms with E-state index in [1.807, 2.05) is 30.1 Å². The molecule has 1 aromatic carbocycles. The van der Waals surface area contributed by atoms with Crippen LogP contribution in [0.3, 0.4) is 0 Å². The lowest BCUT2D eigenvalue weighted by molar-refractivity contribution is 0.581. The number of oxazole rings is 1. The lowest BCUT2D eigenvalue weighted by Crippen LogP contribution is -2.17. The minimum absolute atomic E-state index is 0.629. The van der Waals surface area contributed by atoms with Crippen molar-refractivity contribution in [2.24, 2.45) is 0 Å². The minimum atomic E-state index is 0.629. The van der Waals surface area contributed by atoms with E-state index in [4.69, 9.17) is 10.2 Å². The first-order valence-electron chi connectivity index (χ1n) is 5.08. The van der Waals surface area contributed by atoms with Crippen LogP contribution in [-0.4, -0.2) is 18.6 Å². The molecule has 0 fully saturated rings. The molecule has 4 nitrogen and oxygen atoms in total. The molecule has 0 aliphatic rings. The van der Waals surface area contributed by atoms with E-state index in [2.05, 4.69) is 11.9 Å². The van der Waals surface area contributed by atoms with Gasteiger partial charge in [-0.1, -0.05) is 13.0 Å². The van der Waals surface area contributed by atoms with E-state index in [1.165, 1.54) is 0 Å². The highest BCUT2D eigenvalue weighted by molar-refractivity contribution is 5.86. The smallest absolute Gasteiger partial charge is 0.298 e. The summed E-state index contributed by atoms with van der Waals surface area (Å²) in [5.41, 5.74) is 7.95. The maximum atomic E-state index is 5.80. The molecule has 15 heavy (non-hydrogen) atoms. The second-order valence-corrected chi connectivity index (χ2v) is 3.61. The SMILES string of the molecule is CCCN(C)c1nc2c(N)cccc2o1. The minimum Gasteiger partial charge on any atom is -0.423 e. The zero-order valence-corrected chi connectivity index (χ0v) is 9.03. The van der Waals surface area contributed by atoms with E-state index < -0.39 is 0 Å². The summed E-state index contributed by atoms with van der Waals surface area (Å²) in [5, 5.41) is 0. The average molecular weight is 205 g/mol. The van der Waals surface area contributed by atoms with Gasteiger partial charge in [0.2, 0.25) is 0 Å². The van der Waals surface area contributed by atoms with Crippen LogP contribution in [0.4, 0.5) is 11.7 Å². The van der Waals surface area contributed by atoms with Gasteiger partial charge in [-0.2, -0.15) is 4.98 Å². The zero-order chi connectivity index (χ0) is 10.8. The maximum Gasteiger partial charge on any atom is 0.298 e. The highest BCUT2D eigenvalue weighted by Crippen LogP contribution is 2.25. The molecular weight excluding hydrogens is 190 g/mol. The summed E-state index contributed by atoms with van der Waals surface area (Å²) < 4.78 is 5.60. The molecule has 0 bridgehead atoms. The van der Waals surface area contributed by atoms with Gasteiger partial charge in [0.15, 0.2) is 5.58 Å². The maximum absolute atomic E-state index is 5.80. The Kier molecular flexibility index (Phi) is 2.49. The quantitative estimate of drug-likeness (QED) is 0.781. The molecule has 1 heterocycles. The molecule has 0 aliphatic carbocycles. The first kappa shape index (κ1) is 9.83. The molecule has 0 amide bonds. The van der Waals surface area contributed by atoms with Crippen molar-refractivity contribution in [2.75, 3.05) is 24.2 Å². The topological polar surface area (TPSA) is 55.3 Å². The number of nitrogen functional groups attached to an aromatic ring is 1. The Labute approximate surface area is 88.7 Å². The second-order valence-electron chi connectivity index (χ2n) is 3.61. The van der Waals surface area contributed by atoms with Gasteiger partial charge in [0, 0.05) is 13.6 Å². The molecule has 0 saturated carbocycles. The number of nitrogens with zero attached hydrogens (tertiary/aromatic N) is 2. The summed E-state index contributed by atoms with van der Waals surface area (Å²) in [6.07, 6.45) is 1.06. The summed E-state index contributed by atoms with van der Waals surface area (Å²) in [7, 11) is 1.96. The number of fused-ring (bicyclic) bond motifs is 1. The van der Waals surface area contributed by atoms with Crippen molar-refractivity contribution in [1.82, 2.24) is 4.98 Å². The molecule has 80 valence electrons. The highest BCUT2D eigenvalue weighted by Gasteiger charge is 2.10. The summed E-state index contributed by atoms with van der Waals surface area (Å²) in [6, 6.07) is 6.20. The largest absolute Gasteiger partial charge is 0.423 e. The van der Waals surface area contributed by atoms with Gasteiger partial charge in [0.25, 0.3) is 6.01 Å². The van der Waals surface area contributed by atoms with Crippen LogP contribution in [-0.2, 0) is 0 Å². The Morgan fingerprint density at radius 2 is 2.27 bits per heavy atom. The van der Waals surface area contributed by atoms with E-state index in [0.717, 1.165) is 24.1 Å². The van der Waals surface area contributed by atoms with Crippen LogP contribution in [0.15, 0.2) is 22.6 Å². The normalized spacial score (nSPS) is 10.8. The van der Waals surface area contributed by atoms with Crippen LogP contribution in [0.25, 0.3) is 11.1 Å². The van der Waals surface area contributed by atoms with Gasteiger partial charge in [-0.25, -0.2) is 0 Å². The number of hydrogen-bond acceptors (Lipinski definition) is 4. The molecule has 0 spiro atoms. The van der Waals surface area contributed by atoms with Gasteiger partial charge in [0.1, 0.15) is 5.52 Å². The average Bonchev–Trinajstić information content (AvgIpc) is 2.63. The Morgan fingerprint density at radius 1 is 1.47 bits per heavy atom. The van der Waals surface area contributed by atoms with Gasteiger partial charge < -0.3 is 15.1 Å². The van der Waals surface area contributed by atoms with Crippen LogP contribution < -0.4 is 10.6 Å². The third-order valence-corrected chi connectivity index (χ3v) is 2.32. The number of nitrogens with two attached hydrogens (primary N) is 1. The Bertz CT molecular complexity index is 464. The van der Waals surface area contributed by atoms with Crippen molar-refractivity contribution in [1.29, 1.82) is 0 Å². The molecule has 0 saturated heterocycles. The van der Waals surface area contributed by atoms with Gasteiger partial charge in [-0.05, 0) is 18.6 Å². The molecule has 0 unspecified atom stereocenters. The molecule has 0 atom stereocenters. The van der Waals surface area contributed by atoms with Crippen LogP contribution in [0.2, 0.25) is 0 Å². The van der Waals surface area contributed by atoms with E-state index in [0.29, 0.717) is 11.7 Å². The molecule has 1 aromatic heterocycles. The van der Waals surface area contributed by atoms with Crippen LogP contribution in [0.5, 0.6) is 0 Å². The summed E-state index contributed by atoms with van der Waals surface area (Å²) in [4.78, 5) is 6.35. The second kappa shape index (κ2) is 3.81. The number of benzene rings is 1. The standard InChI is InChI=1S/C11H15N3O/c1-3-7-14(2)11-13-10-8(12)5-4-6-9(10)15-11/h4-6H,3,7,12H2,1-2H3. The van der Waals surface area contributed by atoms with E-state index >= 15 is 0 Å². The van der Waals surface area contributed by atoms with Crippen LogP contribution in [0.1, 0.15) is 13.3 Å². The van der Waals surface area contributed by atoms with Crippen LogP contribution >= 0.6 is 0 Å². The Hall–Kier alpha value is -1.71. The third kappa shape index (κ3) is 1.75. The van der Waals surface area contributed by atoms with Gasteiger partial charge in [-0.15, -0.1) is 0 Å². The molecule has 2 N–H and O–H groups in total. The summed E-state index contributed by atoms with van der Waals surface area (Å²) in [5.74, 6) is 0. The number of para-hydroxylation sites is 1. The Morgan fingerprint density at radius 3 is 2.93 bits per heavy atom. The first-order valence-corrected chi connectivity index (χ1v) is 5.08. The van der Waals surface area contributed by atoms with Gasteiger partial charge in [-0.3, -0.25) is 0 Å².